The van der Waals surface area contributed by atoms with Crippen molar-refractivity contribution in [2.24, 2.45) is 0 Å². The number of benzene rings is 2. The maximum atomic E-state index is 14.2. The molecule has 2 amide bonds. The molecule has 2 aromatic carbocycles. The van der Waals surface area contributed by atoms with Crippen LogP contribution < -0.4 is 20.7 Å². The van der Waals surface area contributed by atoms with Gasteiger partial charge in [-0.05, 0) is 99.8 Å². The van der Waals surface area contributed by atoms with Crippen LogP contribution in [0.3, 0.4) is 0 Å². The number of halogens is 1. The van der Waals surface area contributed by atoms with Crippen LogP contribution in [0.15, 0.2) is 66.2 Å². The molecule has 4 aromatic rings. The number of ether oxygens (including phenoxy) is 1. The van der Waals surface area contributed by atoms with Gasteiger partial charge in [0.1, 0.15) is 22.8 Å². The van der Waals surface area contributed by atoms with Gasteiger partial charge < -0.3 is 25.8 Å². The SMILES string of the molecule is Cc1nc(C(=O)N[C@H]2CC[C@@H](NC(=O)c3cc(F)cnc3Oc3cccc(-c4ccc(CCCNCCCO)cc4)c3)CC2)cs1. The molecule has 11 heteroatoms. The van der Waals surface area contributed by atoms with Crippen molar-refractivity contribution < 1.29 is 23.8 Å². The number of aliphatic hydroxyl groups excluding tert-OH is 1. The highest BCUT2D eigenvalue weighted by molar-refractivity contribution is 7.09. The van der Waals surface area contributed by atoms with Crippen molar-refractivity contribution >= 4 is 23.2 Å². The molecule has 5 rings (SSSR count). The molecular formula is C35H40FN5O4S. The van der Waals surface area contributed by atoms with E-state index in [1.165, 1.54) is 16.9 Å². The minimum Gasteiger partial charge on any atom is -0.438 e. The Morgan fingerprint density at radius 1 is 0.957 bits per heavy atom. The van der Waals surface area contributed by atoms with Crippen molar-refractivity contribution in [1.29, 1.82) is 0 Å². The molecule has 0 unspecified atom stereocenters. The molecular weight excluding hydrogens is 605 g/mol. The van der Waals surface area contributed by atoms with Crippen LogP contribution in [0, 0.1) is 12.7 Å². The Kier molecular flexibility index (Phi) is 11.8. The van der Waals surface area contributed by atoms with Crippen LogP contribution in [0.25, 0.3) is 11.1 Å². The van der Waals surface area contributed by atoms with Gasteiger partial charge in [0.2, 0.25) is 5.88 Å². The third-order valence-electron chi connectivity index (χ3n) is 7.98. The van der Waals surface area contributed by atoms with Crippen LogP contribution in [0.4, 0.5) is 4.39 Å². The molecule has 1 aliphatic rings. The number of carbonyl (C=O) groups is 2. The number of pyridine rings is 1. The van der Waals surface area contributed by atoms with E-state index in [4.69, 9.17) is 9.84 Å². The number of carbonyl (C=O) groups excluding carboxylic acids is 2. The van der Waals surface area contributed by atoms with Gasteiger partial charge in [0.05, 0.1) is 11.2 Å². The molecule has 242 valence electrons. The molecule has 1 fully saturated rings. The summed E-state index contributed by atoms with van der Waals surface area (Å²) in [5.41, 5.74) is 3.66. The largest absolute Gasteiger partial charge is 0.438 e. The van der Waals surface area contributed by atoms with Crippen molar-refractivity contribution in [2.75, 3.05) is 19.7 Å². The standard InChI is InChI=1S/C35H40FN5O4S/c1-23-39-32(22-46-23)34(44)41-29-14-12-28(13-15-29)40-33(43)31-20-27(36)21-38-35(31)45-30-7-2-6-26(19-30)25-10-8-24(9-11-25)5-3-16-37-17-4-18-42/h2,6-11,19-22,28-29,37,42H,3-5,12-18H2,1H3,(H,40,43)(H,41,44)/t28-,29+. The zero-order valence-corrected chi connectivity index (χ0v) is 26.7. The summed E-state index contributed by atoms with van der Waals surface area (Å²) in [5, 5.41) is 20.8. The van der Waals surface area contributed by atoms with Crippen molar-refractivity contribution in [3.05, 3.63) is 93.8 Å². The van der Waals surface area contributed by atoms with E-state index in [2.05, 4.69) is 50.2 Å². The zero-order chi connectivity index (χ0) is 32.3. The third kappa shape index (κ3) is 9.41. The summed E-state index contributed by atoms with van der Waals surface area (Å²) in [6, 6.07) is 16.9. The molecule has 0 radical (unpaired) electrons. The third-order valence-corrected chi connectivity index (χ3v) is 8.75. The molecule has 0 spiro atoms. The van der Waals surface area contributed by atoms with E-state index in [1.54, 1.807) is 11.4 Å². The highest BCUT2D eigenvalue weighted by Gasteiger charge is 2.26. The maximum absolute atomic E-state index is 14.2. The molecule has 4 N–H and O–H groups in total. The minimum atomic E-state index is -0.629. The lowest BCUT2D eigenvalue weighted by Crippen LogP contribution is -2.44. The van der Waals surface area contributed by atoms with E-state index in [1.807, 2.05) is 25.1 Å². The number of thiazole rings is 1. The summed E-state index contributed by atoms with van der Waals surface area (Å²) in [5.74, 6) is -0.757. The number of nitrogens with zero attached hydrogens (tertiary/aromatic N) is 2. The second-order valence-electron chi connectivity index (χ2n) is 11.5. The number of amides is 2. The van der Waals surface area contributed by atoms with Gasteiger partial charge in [-0.15, -0.1) is 11.3 Å². The second-order valence-corrected chi connectivity index (χ2v) is 12.6. The Balaban J connectivity index is 1.16. The molecule has 46 heavy (non-hydrogen) atoms. The van der Waals surface area contributed by atoms with Gasteiger partial charge in [0.15, 0.2) is 0 Å². The van der Waals surface area contributed by atoms with Gasteiger partial charge in [-0.2, -0.15) is 0 Å². The number of hydrogen-bond acceptors (Lipinski definition) is 8. The van der Waals surface area contributed by atoms with Gasteiger partial charge in [-0.25, -0.2) is 14.4 Å². The zero-order valence-electron chi connectivity index (χ0n) is 25.9. The van der Waals surface area contributed by atoms with Gasteiger partial charge in [-0.3, -0.25) is 9.59 Å². The Morgan fingerprint density at radius 3 is 2.37 bits per heavy atom. The topological polar surface area (TPSA) is 125 Å². The molecule has 0 aliphatic heterocycles. The summed E-state index contributed by atoms with van der Waals surface area (Å²) in [4.78, 5) is 34.1. The molecule has 1 aliphatic carbocycles. The number of aromatic nitrogens is 2. The van der Waals surface area contributed by atoms with Crippen LogP contribution in [-0.2, 0) is 6.42 Å². The highest BCUT2D eigenvalue weighted by atomic mass is 32.1. The Labute approximate surface area is 272 Å². The Morgan fingerprint density at radius 2 is 1.67 bits per heavy atom. The Hall–Kier alpha value is -4.19. The first-order chi connectivity index (χ1) is 22.4. The van der Waals surface area contributed by atoms with Crippen LogP contribution in [0.2, 0.25) is 0 Å². The monoisotopic (exact) mass is 645 g/mol. The molecule has 0 atom stereocenters. The normalized spacial score (nSPS) is 16.2. The van der Waals surface area contributed by atoms with E-state index in [0.29, 0.717) is 37.1 Å². The fourth-order valence-corrected chi connectivity index (χ4v) is 6.10. The van der Waals surface area contributed by atoms with Crippen LogP contribution >= 0.6 is 11.3 Å². The predicted octanol–water partition coefficient (Wildman–Crippen LogP) is 5.82. The fourth-order valence-electron chi connectivity index (χ4n) is 5.50. The van der Waals surface area contributed by atoms with Crippen molar-refractivity contribution in [3.63, 3.8) is 0 Å². The summed E-state index contributed by atoms with van der Waals surface area (Å²) < 4.78 is 20.3. The summed E-state index contributed by atoms with van der Waals surface area (Å²) in [7, 11) is 0. The average Bonchev–Trinajstić information content (AvgIpc) is 3.51. The summed E-state index contributed by atoms with van der Waals surface area (Å²) >= 11 is 1.44. The van der Waals surface area contributed by atoms with E-state index >= 15 is 0 Å². The number of hydrogen-bond donors (Lipinski definition) is 4. The average molecular weight is 646 g/mol. The van der Waals surface area contributed by atoms with E-state index < -0.39 is 11.7 Å². The Bertz CT molecular complexity index is 1600. The van der Waals surface area contributed by atoms with Crippen molar-refractivity contribution in [3.8, 4) is 22.8 Å². The number of aryl methyl sites for hydroxylation is 2. The molecule has 2 aromatic heterocycles. The molecule has 1 saturated carbocycles. The highest BCUT2D eigenvalue weighted by Crippen LogP contribution is 2.29. The lowest BCUT2D eigenvalue weighted by atomic mass is 9.91. The molecule has 9 nitrogen and oxygen atoms in total. The van der Waals surface area contributed by atoms with Crippen molar-refractivity contribution in [1.82, 2.24) is 25.9 Å². The second kappa shape index (κ2) is 16.4. The lowest BCUT2D eigenvalue weighted by Gasteiger charge is -2.29. The van der Waals surface area contributed by atoms with Crippen LogP contribution in [0.5, 0.6) is 11.6 Å². The number of nitrogens with one attached hydrogen (secondary N) is 3. The molecule has 0 saturated heterocycles. The summed E-state index contributed by atoms with van der Waals surface area (Å²) in [6.07, 6.45) is 6.55. The van der Waals surface area contributed by atoms with E-state index in [0.717, 1.165) is 60.7 Å². The maximum Gasteiger partial charge on any atom is 0.270 e. The quantitative estimate of drug-likeness (QED) is 0.127. The minimum absolute atomic E-state index is 0.00555. The first kappa shape index (κ1) is 33.2. The number of aliphatic hydroxyl groups is 1. The fraction of sp³-hybridized carbons (Fsp3) is 0.371. The van der Waals surface area contributed by atoms with Gasteiger partial charge in [-0.1, -0.05) is 36.4 Å². The van der Waals surface area contributed by atoms with Crippen LogP contribution in [0.1, 0.15) is 69.9 Å². The van der Waals surface area contributed by atoms with Crippen LogP contribution in [-0.4, -0.2) is 58.7 Å². The smallest absolute Gasteiger partial charge is 0.270 e. The van der Waals surface area contributed by atoms with Gasteiger partial charge in [0, 0.05) is 24.1 Å². The number of rotatable bonds is 14. The molecule has 2 heterocycles. The molecule has 0 bridgehead atoms. The van der Waals surface area contributed by atoms with E-state index in [9.17, 15) is 14.0 Å². The lowest BCUT2D eigenvalue weighted by molar-refractivity contribution is 0.0888. The van der Waals surface area contributed by atoms with Gasteiger partial charge in [0.25, 0.3) is 11.8 Å². The van der Waals surface area contributed by atoms with Gasteiger partial charge >= 0.3 is 0 Å². The van der Waals surface area contributed by atoms with E-state index in [-0.39, 0.29) is 36.0 Å². The first-order valence-corrected chi connectivity index (χ1v) is 16.6. The first-order valence-electron chi connectivity index (χ1n) is 15.8. The summed E-state index contributed by atoms with van der Waals surface area (Å²) in [6.45, 7) is 3.80. The predicted molar refractivity (Wildman–Crippen MR) is 177 cm³/mol. The van der Waals surface area contributed by atoms with Crippen molar-refractivity contribution in [2.45, 2.75) is 64.0 Å².